The fraction of sp³-hybridized carbons (Fsp3) is 0.676. The third-order valence-corrected chi connectivity index (χ3v) is 9.46. The van der Waals surface area contributed by atoms with Crippen molar-refractivity contribution in [2.75, 3.05) is 7.05 Å². The van der Waals surface area contributed by atoms with E-state index in [0.717, 1.165) is 24.8 Å². The standard InChI is InChI=1S/C37H60N6O4/c1-25(2)18-19-34(44)31(20-28-14-10-8-11-15-28)40-35(45)33(22-30-23-38-24-39-30)42(7)36(46)32(21-29-16-12-9-13-17-29)41-37(47)43(26(3)4)27(5)6/h9,12-13,16-17,23-28,31-34,44H,8,10-11,14-15,18-22H2,1-7H3,(H,38,39)(H,40,45)(H,41,47)/t31-,32-,33-,34-/m0/s1. The molecule has 10 nitrogen and oxygen atoms in total. The normalized spacial score (nSPS) is 16.5. The lowest BCUT2D eigenvalue weighted by Crippen LogP contribution is -2.59. The molecule has 0 aliphatic heterocycles. The Morgan fingerprint density at radius 3 is 2.17 bits per heavy atom. The highest BCUT2D eigenvalue weighted by molar-refractivity contribution is 5.92. The summed E-state index contributed by atoms with van der Waals surface area (Å²) in [5.41, 5.74) is 1.61. The molecule has 0 spiro atoms. The van der Waals surface area contributed by atoms with Crippen molar-refractivity contribution in [1.29, 1.82) is 0 Å². The summed E-state index contributed by atoms with van der Waals surface area (Å²) in [7, 11) is 1.63. The summed E-state index contributed by atoms with van der Waals surface area (Å²) in [6.45, 7) is 12.1. The third kappa shape index (κ3) is 12.0. The van der Waals surface area contributed by atoms with Crippen LogP contribution in [0.15, 0.2) is 42.9 Å². The average molecular weight is 653 g/mol. The zero-order valence-corrected chi connectivity index (χ0v) is 29.7. The maximum absolute atomic E-state index is 14.4. The number of H-pyrrole nitrogens is 1. The molecule has 0 unspecified atom stereocenters. The van der Waals surface area contributed by atoms with E-state index in [1.165, 1.54) is 24.2 Å². The van der Waals surface area contributed by atoms with Crippen molar-refractivity contribution >= 4 is 17.8 Å². The molecule has 1 aliphatic rings. The van der Waals surface area contributed by atoms with Gasteiger partial charge in [0.25, 0.3) is 0 Å². The highest BCUT2D eigenvalue weighted by atomic mass is 16.3. The Bertz CT molecular complexity index is 1200. The molecular formula is C37H60N6O4. The molecule has 4 amide bonds. The molecule has 2 aromatic rings. The Hall–Kier alpha value is -3.40. The number of imidazole rings is 1. The van der Waals surface area contributed by atoms with Gasteiger partial charge in [0.1, 0.15) is 12.1 Å². The first-order chi connectivity index (χ1) is 22.4. The molecule has 0 bridgehead atoms. The van der Waals surface area contributed by atoms with Gasteiger partial charge in [-0.3, -0.25) is 9.59 Å². The Morgan fingerprint density at radius 1 is 0.936 bits per heavy atom. The number of rotatable bonds is 17. The highest BCUT2D eigenvalue weighted by Gasteiger charge is 2.36. The molecule has 10 heteroatoms. The van der Waals surface area contributed by atoms with Gasteiger partial charge in [-0.25, -0.2) is 9.78 Å². The molecule has 0 saturated heterocycles. The highest BCUT2D eigenvalue weighted by Crippen LogP contribution is 2.29. The number of carbonyl (C=O) groups is 3. The van der Waals surface area contributed by atoms with Gasteiger partial charge < -0.3 is 30.5 Å². The molecule has 262 valence electrons. The number of likely N-dealkylation sites (N-methyl/N-ethyl adjacent to an activating group) is 1. The first-order valence-corrected chi connectivity index (χ1v) is 17.7. The smallest absolute Gasteiger partial charge is 0.318 e. The second kappa shape index (κ2) is 18.8. The molecule has 0 radical (unpaired) electrons. The molecule has 1 fully saturated rings. The number of urea groups is 1. The summed E-state index contributed by atoms with van der Waals surface area (Å²) in [5.74, 6) is 0.198. The number of nitrogens with zero attached hydrogens (tertiary/aromatic N) is 3. The summed E-state index contributed by atoms with van der Waals surface area (Å²) in [6, 6.07) is 6.91. The minimum absolute atomic E-state index is 0.0673. The van der Waals surface area contributed by atoms with Crippen LogP contribution in [0.1, 0.15) is 104 Å². The van der Waals surface area contributed by atoms with E-state index in [1.54, 1.807) is 24.5 Å². The Morgan fingerprint density at radius 2 is 1.60 bits per heavy atom. The zero-order chi connectivity index (χ0) is 34.5. The topological polar surface area (TPSA) is 131 Å². The zero-order valence-electron chi connectivity index (χ0n) is 29.7. The lowest BCUT2D eigenvalue weighted by Gasteiger charge is -2.36. The van der Waals surface area contributed by atoms with Crippen molar-refractivity contribution in [1.82, 2.24) is 30.4 Å². The van der Waals surface area contributed by atoms with Gasteiger partial charge in [-0.1, -0.05) is 76.3 Å². The van der Waals surface area contributed by atoms with E-state index in [-0.39, 0.29) is 42.8 Å². The van der Waals surface area contributed by atoms with Gasteiger partial charge in [0.15, 0.2) is 0 Å². The number of hydrogen-bond acceptors (Lipinski definition) is 5. The Kier molecular flexibility index (Phi) is 15.2. The van der Waals surface area contributed by atoms with Crippen LogP contribution in [0.5, 0.6) is 0 Å². The largest absolute Gasteiger partial charge is 0.391 e. The average Bonchev–Trinajstić information content (AvgIpc) is 3.55. The molecule has 4 N–H and O–H groups in total. The second-order valence-corrected chi connectivity index (χ2v) is 14.4. The van der Waals surface area contributed by atoms with Crippen molar-refractivity contribution in [3.63, 3.8) is 0 Å². The van der Waals surface area contributed by atoms with Gasteiger partial charge in [0, 0.05) is 43.9 Å². The van der Waals surface area contributed by atoms with Crippen LogP contribution in [0.3, 0.4) is 0 Å². The number of hydrogen-bond donors (Lipinski definition) is 4. The molecule has 1 heterocycles. The van der Waals surface area contributed by atoms with E-state index in [1.807, 2.05) is 58.0 Å². The number of aromatic amines is 1. The number of nitrogens with one attached hydrogen (secondary N) is 3. The van der Waals surface area contributed by atoms with Crippen molar-refractivity contribution in [2.24, 2.45) is 11.8 Å². The van der Waals surface area contributed by atoms with Gasteiger partial charge in [0.2, 0.25) is 11.8 Å². The fourth-order valence-electron chi connectivity index (χ4n) is 6.83. The van der Waals surface area contributed by atoms with Crippen LogP contribution in [0, 0.1) is 11.8 Å². The summed E-state index contributed by atoms with van der Waals surface area (Å²) >= 11 is 0. The minimum atomic E-state index is -0.901. The van der Waals surface area contributed by atoms with E-state index in [2.05, 4.69) is 34.4 Å². The van der Waals surface area contributed by atoms with Crippen LogP contribution in [0.25, 0.3) is 0 Å². The molecule has 1 aromatic carbocycles. The third-order valence-electron chi connectivity index (χ3n) is 9.46. The van der Waals surface area contributed by atoms with Gasteiger partial charge in [-0.05, 0) is 64.4 Å². The number of benzene rings is 1. The summed E-state index contributed by atoms with van der Waals surface area (Å²) < 4.78 is 0. The molecule has 1 aliphatic carbocycles. The van der Waals surface area contributed by atoms with Crippen LogP contribution in [0.4, 0.5) is 4.79 Å². The van der Waals surface area contributed by atoms with Crippen molar-refractivity contribution in [2.45, 2.75) is 142 Å². The lowest BCUT2D eigenvalue weighted by molar-refractivity contribution is -0.141. The Balaban J connectivity index is 1.90. The van der Waals surface area contributed by atoms with E-state index in [0.29, 0.717) is 30.4 Å². The van der Waals surface area contributed by atoms with Gasteiger partial charge >= 0.3 is 6.03 Å². The number of amides is 4. The molecular weight excluding hydrogens is 592 g/mol. The van der Waals surface area contributed by atoms with E-state index >= 15 is 0 Å². The molecule has 1 aromatic heterocycles. The van der Waals surface area contributed by atoms with E-state index < -0.39 is 24.2 Å². The SMILES string of the molecule is CC(C)CC[C@H](O)[C@H](CC1CCCCC1)NC(=O)[C@H](Cc1cnc[nH]1)N(C)C(=O)[C@H](Cc1ccccc1)NC(=O)N(C(C)C)C(C)C. The van der Waals surface area contributed by atoms with E-state index in [4.69, 9.17) is 0 Å². The molecule has 1 saturated carbocycles. The summed E-state index contributed by atoms with van der Waals surface area (Å²) in [6.07, 6.45) is 11.0. The first kappa shape index (κ1) is 38.1. The van der Waals surface area contributed by atoms with Crippen molar-refractivity contribution < 1.29 is 19.5 Å². The molecule has 4 atom stereocenters. The minimum Gasteiger partial charge on any atom is -0.391 e. The summed E-state index contributed by atoms with van der Waals surface area (Å²) in [5, 5.41) is 17.6. The van der Waals surface area contributed by atoms with Crippen LogP contribution < -0.4 is 10.6 Å². The maximum Gasteiger partial charge on any atom is 0.318 e. The van der Waals surface area contributed by atoms with Gasteiger partial charge in [0.05, 0.1) is 18.5 Å². The number of aliphatic hydroxyl groups excluding tert-OH is 1. The predicted octanol–water partition coefficient (Wildman–Crippen LogP) is 5.47. The fourth-order valence-corrected chi connectivity index (χ4v) is 6.83. The van der Waals surface area contributed by atoms with E-state index in [9.17, 15) is 19.5 Å². The number of carbonyl (C=O) groups excluding carboxylic acids is 3. The lowest BCUT2D eigenvalue weighted by atomic mass is 9.83. The van der Waals surface area contributed by atoms with Crippen LogP contribution in [-0.4, -0.2) is 86.1 Å². The van der Waals surface area contributed by atoms with Crippen LogP contribution in [0.2, 0.25) is 0 Å². The number of aliphatic hydroxyl groups is 1. The molecule has 3 rings (SSSR count). The first-order valence-electron chi connectivity index (χ1n) is 17.7. The molecule has 47 heavy (non-hydrogen) atoms. The maximum atomic E-state index is 14.4. The second-order valence-electron chi connectivity index (χ2n) is 14.4. The monoisotopic (exact) mass is 652 g/mol. The number of aromatic nitrogens is 2. The van der Waals surface area contributed by atoms with Crippen LogP contribution in [-0.2, 0) is 22.4 Å². The van der Waals surface area contributed by atoms with Crippen molar-refractivity contribution in [3.05, 3.63) is 54.1 Å². The predicted molar refractivity (Wildman–Crippen MR) is 187 cm³/mol. The Labute approximate surface area is 282 Å². The van der Waals surface area contributed by atoms with Gasteiger partial charge in [-0.15, -0.1) is 0 Å². The quantitative estimate of drug-likeness (QED) is 0.180. The summed E-state index contributed by atoms with van der Waals surface area (Å²) in [4.78, 5) is 52.6. The van der Waals surface area contributed by atoms with Crippen LogP contribution >= 0.6 is 0 Å². The van der Waals surface area contributed by atoms with Gasteiger partial charge in [-0.2, -0.15) is 0 Å². The van der Waals surface area contributed by atoms with Crippen molar-refractivity contribution in [3.8, 4) is 0 Å².